The van der Waals surface area contributed by atoms with Crippen LogP contribution in [0.5, 0.6) is 0 Å². The largest absolute Gasteiger partial charge is 0.307 e. The van der Waals surface area contributed by atoms with Gasteiger partial charge in [0.2, 0.25) is 10.0 Å². The average molecular weight is 295 g/mol. The second-order valence-electron chi connectivity index (χ2n) is 5.46. The molecule has 0 saturated carbocycles. The van der Waals surface area contributed by atoms with Gasteiger partial charge in [-0.25, -0.2) is 13.4 Å². The molecule has 20 heavy (non-hydrogen) atoms. The standard InChI is InChI=1S/C14H21N3O2S/c1-11(2)17(20(18,19)12(3)4)10-13-5-6-14-15-7-8-16(14)9-13/h5-9,11-12H,10H2,1-4H3. The SMILES string of the molecule is CC(C)N(Cc1ccc2nccn2c1)S(=O)(=O)C(C)C. The summed E-state index contributed by atoms with van der Waals surface area (Å²) in [6.07, 6.45) is 5.51. The fourth-order valence-electron chi connectivity index (χ4n) is 2.08. The van der Waals surface area contributed by atoms with Crippen molar-refractivity contribution in [3.63, 3.8) is 0 Å². The zero-order valence-electron chi connectivity index (χ0n) is 12.3. The molecule has 0 N–H and O–H groups in total. The number of fused-ring (bicyclic) bond motifs is 1. The number of rotatable bonds is 5. The first-order chi connectivity index (χ1) is 9.32. The van der Waals surface area contributed by atoms with Crippen molar-refractivity contribution in [2.24, 2.45) is 0 Å². The molecular formula is C14H21N3O2S. The van der Waals surface area contributed by atoms with Gasteiger partial charge in [-0.2, -0.15) is 4.31 Å². The number of sulfonamides is 1. The van der Waals surface area contributed by atoms with Gasteiger partial charge in [-0.1, -0.05) is 6.07 Å². The zero-order chi connectivity index (χ0) is 14.9. The highest BCUT2D eigenvalue weighted by Gasteiger charge is 2.28. The summed E-state index contributed by atoms with van der Waals surface area (Å²) in [4.78, 5) is 4.18. The minimum Gasteiger partial charge on any atom is -0.307 e. The van der Waals surface area contributed by atoms with Crippen LogP contribution in [0.3, 0.4) is 0 Å². The number of imidazole rings is 1. The molecule has 0 aliphatic heterocycles. The molecule has 6 heteroatoms. The van der Waals surface area contributed by atoms with E-state index in [0.29, 0.717) is 6.54 Å². The van der Waals surface area contributed by atoms with E-state index in [-0.39, 0.29) is 6.04 Å². The summed E-state index contributed by atoms with van der Waals surface area (Å²) >= 11 is 0. The average Bonchev–Trinajstić information content (AvgIpc) is 2.82. The molecule has 0 fully saturated rings. The molecule has 0 spiro atoms. The maximum atomic E-state index is 12.4. The molecule has 0 radical (unpaired) electrons. The molecule has 2 heterocycles. The smallest absolute Gasteiger partial charge is 0.216 e. The van der Waals surface area contributed by atoms with Gasteiger partial charge in [0.15, 0.2) is 0 Å². The van der Waals surface area contributed by atoms with Crippen molar-refractivity contribution in [1.29, 1.82) is 0 Å². The summed E-state index contributed by atoms with van der Waals surface area (Å²) in [6.45, 7) is 7.60. The Morgan fingerprint density at radius 1 is 1.25 bits per heavy atom. The Kier molecular flexibility index (Phi) is 4.15. The van der Waals surface area contributed by atoms with E-state index < -0.39 is 15.3 Å². The van der Waals surface area contributed by atoms with Gasteiger partial charge in [0.25, 0.3) is 0 Å². The highest BCUT2D eigenvalue weighted by molar-refractivity contribution is 7.89. The highest BCUT2D eigenvalue weighted by atomic mass is 32.2. The van der Waals surface area contributed by atoms with E-state index in [1.807, 2.05) is 42.8 Å². The normalized spacial score (nSPS) is 12.9. The number of nitrogens with zero attached hydrogens (tertiary/aromatic N) is 3. The fraction of sp³-hybridized carbons (Fsp3) is 0.500. The third-order valence-corrected chi connectivity index (χ3v) is 5.68. The molecule has 5 nitrogen and oxygen atoms in total. The van der Waals surface area contributed by atoms with Gasteiger partial charge in [-0.3, -0.25) is 0 Å². The van der Waals surface area contributed by atoms with Crippen molar-refractivity contribution in [2.75, 3.05) is 0 Å². The van der Waals surface area contributed by atoms with Crippen LogP contribution < -0.4 is 0 Å². The van der Waals surface area contributed by atoms with Crippen molar-refractivity contribution in [1.82, 2.24) is 13.7 Å². The molecule has 2 rings (SSSR count). The van der Waals surface area contributed by atoms with E-state index >= 15 is 0 Å². The van der Waals surface area contributed by atoms with Crippen LogP contribution in [-0.4, -0.2) is 33.4 Å². The van der Waals surface area contributed by atoms with E-state index in [1.54, 1.807) is 24.3 Å². The number of aromatic nitrogens is 2. The molecular weight excluding hydrogens is 274 g/mol. The topological polar surface area (TPSA) is 54.7 Å². The number of hydrogen-bond acceptors (Lipinski definition) is 3. The van der Waals surface area contributed by atoms with Crippen LogP contribution in [0, 0.1) is 0 Å². The van der Waals surface area contributed by atoms with E-state index in [9.17, 15) is 8.42 Å². The minimum absolute atomic E-state index is 0.0686. The van der Waals surface area contributed by atoms with Gasteiger partial charge in [0.05, 0.1) is 5.25 Å². The summed E-state index contributed by atoms with van der Waals surface area (Å²) in [5.74, 6) is 0. The van der Waals surface area contributed by atoms with Crippen LogP contribution in [0.15, 0.2) is 30.7 Å². The van der Waals surface area contributed by atoms with Crippen LogP contribution >= 0.6 is 0 Å². The summed E-state index contributed by atoms with van der Waals surface area (Å²) in [5.41, 5.74) is 1.81. The van der Waals surface area contributed by atoms with E-state index in [1.165, 1.54) is 0 Å². The zero-order valence-corrected chi connectivity index (χ0v) is 13.1. The molecule has 0 bridgehead atoms. The Labute approximate surface area is 120 Å². The number of pyridine rings is 1. The second-order valence-corrected chi connectivity index (χ2v) is 7.90. The Bertz CT molecular complexity index is 689. The van der Waals surface area contributed by atoms with Crippen molar-refractivity contribution in [2.45, 2.75) is 45.5 Å². The van der Waals surface area contributed by atoms with Crippen molar-refractivity contribution >= 4 is 15.7 Å². The highest BCUT2D eigenvalue weighted by Crippen LogP contribution is 2.17. The predicted octanol–water partition coefficient (Wildman–Crippen LogP) is 2.28. The maximum Gasteiger partial charge on any atom is 0.216 e. The third kappa shape index (κ3) is 2.86. The first-order valence-electron chi connectivity index (χ1n) is 6.74. The quantitative estimate of drug-likeness (QED) is 0.850. The molecule has 2 aromatic heterocycles. The van der Waals surface area contributed by atoms with E-state index in [0.717, 1.165) is 11.2 Å². The van der Waals surface area contributed by atoms with Crippen LogP contribution in [0.2, 0.25) is 0 Å². The maximum absolute atomic E-state index is 12.4. The lowest BCUT2D eigenvalue weighted by molar-refractivity contribution is 0.344. The minimum atomic E-state index is -3.27. The summed E-state index contributed by atoms with van der Waals surface area (Å²) in [6, 6.07) is 3.75. The van der Waals surface area contributed by atoms with Gasteiger partial charge >= 0.3 is 0 Å². The van der Waals surface area contributed by atoms with Gasteiger partial charge in [-0.05, 0) is 39.3 Å². The first kappa shape index (κ1) is 15.0. The fourth-order valence-corrected chi connectivity index (χ4v) is 3.54. The lowest BCUT2D eigenvalue weighted by atomic mass is 10.2. The van der Waals surface area contributed by atoms with Crippen LogP contribution in [0.4, 0.5) is 0 Å². The van der Waals surface area contributed by atoms with Crippen LogP contribution in [0.25, 0.3) is 5.65 Å². The molecule has 0 amide bonds. The number of hydrogen-bond donors (Lipinski definition) is 0. The van der Waals surface area contributed by atoms with Crippen LogP contribution in [0.1, 0.15) is 33.3 Å². The molecule has 0 aliphatic carbocycles. The van der Waals surface area contributed by atoms with Crippen molar-refractivity contribution in [3.8, 4) is 0 Å². The molecule has 0 saturated heterocycles. The lowest BCUT2D eigenvalue weighted by Crippen LogP contribution is -2.40. The Balaban J connectivity index is 2.32. The lowest BCUT2D eigenvalue weighted by Gasteiger charge is -2.27. The second kappa shape index (κ2) is 5.54. The Hall–Kier alpha value is -1.40. The third-order valence-electron chi connectivity index (χ3n) is 3.29. The van der Waals surface area contributed by atoms with Crippen LogP contribution in [-0.2, 0) is 16.6 Å². The molecule has 0 atom stereocenters. The van der Waals surface area contributed by atoms with Gasteiger partial charge in [-0.15, -0.1) is 0 Å². The Morgan fingerprint density at radius 2 is 1.95 bits per heavy atom. The summed E-state index contributed by atoms with van der Waals surface area (Å²) < 4.78 is 28.2. The predicted molar refractivity (Wildman–Crippen MR) is 79.9 cm³/mol. The van der Waals surface area contributed by atoms with E-state index in [4.69, 9.17) is 0 Å². The van der Waals surface area contributed by atoms with E-state index in [2.05, 4.69) is 4.98 Å². The monoisotopic (exact) mass is 295 g/mol. The molecule has 2 aromatic rings. The summed E-state index contributed by atoms with van der Waals surface area (Å²) in [5, 5.41) is -0.415. The summed E-state index contributed by atoms with van der Waals surface area (Å²) in [7, 11) is -3.27. The Morgan fingerprint density at radius 3 is 2.55 bits per heavy atom. The van der Waals surface area contributed by atoms with Gasteiger partial charge < -0.3 is 4.40 Å². The molecule has 110 valence electrons. The van der Waals surface area contributed by atoms with Crippen molar-refractivity contribution in [3.05, 3.63) is 36.3 Å². The molecule has 0 aromatic carbocycles. The molecule has 0 unspecified atom stereocenters. The van der Waals surface area contributed by atoms with Gasteiger partial charge in [0, 0.05) is 31.2 Å². The van der Waals surface area contributed by atoms with Crippen molar-refractivity contribution < 1.29 is 8.42 Å². The first-order valence-corrected chi connectivity index (χ1v) is 8.25. The van der Waals surface area contributed by atoms with Gasteiger partial charge in [0.1, 0.15) is 5.65 Å². The molecule has 0 aliphatic rings.